The molecule has 2 aliphatic heterocycles. The van der Waals surface area contributed by atoms with E-state index in [1.165, 1.54) is 0 Å². The highest BCUT2D eigenvalue weighted by atomic mass is 19.4. The minimum Gasteiger partial charge on any atom is -0.475 e. The Labute approximate surface area is 188 Å². The van der Waals surface area contributed by atoms with Crippen molar-refractivity contribution in [1.29, 1.82) is 0 Å². The van der Waals surface area contributed by atoms with Gasteiger partial charge in [-0.25, -0.2) is 9.78 Å². The number of amides is 1. The van der Waals surface area contributed by atoms with Gasteiger partial charge in [0.1, 0.15) is 6.10 Å². The fraction of sp³-hybridized carbons (Fsp3) is 0.455. The van der Waals surface area contributed by atoms with Crippen LogP contribution in [-0.4, -0.2) is 69.4 Å². The Kier molecular flexibility index (Phi) is 7.52. The van der Waals surface area contributed by atoms with Gasteiger partial charge in [-0.15, -0.1) is 0 Å². The van der Waals surface area contributed by atoms with Crippen LogP contribution in [0.5, 0.6) is 5.88 Å². The second kappa shape index (κ2) is 10.2. The van der Waals surface area contributed by atoms with Crippen LogP contribution in [0.3, 0.4) is 0 Å². The number of pyridine rings is 2. The number of nitrogens with zero attached hydrogens (tertiary/aromatic N) is 3. The lowest BCUT2D eigenvalue weighted by atomic mass is 9.89. The third kappa shape index (κ3) is 6.64. The van der Waals surface area contributed by atoms with E-state index in [0.29, 0.717) is 24.6 Å². The molecular formula is C22H24F3N3O5. The molecule has 11 heteroatoms. The van der Waals surface area contributed by atoms with Crippen LogP contribution in [0.4, 0.5) is 13.2 Å². The van der Waals surface area contributed by atoms with Crippen molar-refractivity contribution in [3.05, 3.63) is 54.0 Å². The van der Waals surface area contributed by atoms with Gasteiger partial charge in [-0.2, -0.15) is 13.2 Å². The molecule has 0 radical (unpaired) electrons. The first-order valence-corrected chi connectivity index (χ1v) is 10.3. The first kappa shape index (κ1) is 24.4. The van der Waals surface area contributed by atoms with Crippen LogP contribution in [0.2, 0.25) is 0 Å². The number of carboxylic acids is 1. The van der Waals surface area contributed by atoms with E-state index < -0.39 is 12.1 Å². The molecule has 0 unspecified atom stereocenters. The summed E-state index contributed by atoms with van der Waals surface area (Å²) < 4.78 is 43.8. The lowest BCUT2D eigenvalue weighted by molar-refractivity contribution is -0.192. The van der Waals surface area contributed by atoms with Gasteiger partial charge in [0.05, 0.1) is 24.3 Å². The summed E-state index contributed by atoms with van der Waals surface area (Å²) in [4.78, 5) is 32.1. The smallest absolute Gasteiger partial charge is 0.475 e. The summed E-state index contributed by atoms with van der Waals surface area (Å²) >= 11 is 0. The number of carbonyl (C=O) groups is 2. The molecule has 1 spiro atoms. The number of aryl methyl sites for hydroxylation is 1. The van der Waals surface area contributed by atoms with E-state index in [1.54, 1.807) is 12.4 Å². The highest BCUT2D eigenvalue weighted by Gasteiger charge is 2.45. The number of rotatable bonds is 3. The number of aliphatic carboxylic acids is 1. The summed E-state index contributed by atoms with van der Waals surface area (Å²) in [6.07, 6.45) is 0.922. The van der Waals surface area contributed by atoms with E-state index in [0.717, 1.165) is 31.5 Å². The van der Waals surface area contributed by atoms with Gasteiger partial charge in [-0.05, 0) is 38.0 Å². The van der Waals surface area contributed by atoms with Crippen molar-refractivity contribution in [3.8, 4) is 5.88 Å². The number of halogens is 3. The minimum absolute atomic E-state index is 0.0225. The molecule has 0 saturated carbocycles. The molecule has 178 valence electrons. The number of carbonyl (C=O) groups excluding carboxylic acids is 1. The normalized spacial score (nSPS) is 22.4. The minimum atomic E-state index is -5.08. The Morgan fingerprint density at radius 3 is 2.61 bits per heavy atom. The third-order valence-electron chi connectivity index (χ3n) is 5.33. The summed E-state index contributed by atoms with van der Waals surface area (Å²) in [6.45, 7) is 3.80. The van der Waals surface area contributed by atoms with Crippen LogP contribution < -0.4 is 4.74 Å². The zero-order valence-electron chi connectivity index (χ0n) is 17.9. The molecule has 1 N–H and O–H groups in total. The summed E-state index contributed by atoms with van der Waals surface area (Å²) in [5, 5.41) is 7.12. The molecule has 4 heterocycles. The molecule has 33 heavy (non-hydrogen) atoms. The van der Waals surface area contributed by atoms with Crippen molar-refractivity contribution >= 4 is 11.9 Å². The molecule has 0 aliphatic carbocycles. The van der Waals surface area contributed by atoms with Crippen molar-refractivity contribution in [2.75, 3.05) is 19.7 Å². The Bertz CT molecular complexity index is 956. The SMILES string of the molecule is Cc1ccc(C(=O)N2CCC[C@]3(C[C@H](Oc4ccccn4)CO3)C2)cn1.O=C(O)C(F)(F)F. The zero-order valence-corrected chi connectivity index (χ0v) is 17.9. The predicted octanol–water partition coefficient (Wildman–Crippen LogP) is 3.26. The molecule has 2 aliphatic rings. The maximum Gasteiger partial charge on any atom is 0.490 e. The van der Waals surface area contributed by atoms with E-state index in [-0.39, 0.29) is 17.6 Å². The van der Waals surface area contributed by atoms with Crippen LogP contribution in [0.15, 0.2) is 42.7 Å². The number of piperidine rings is 1. The second-order valence-electron chi connectivity index (χ2n) is 7.93. The van der Waals surface area contributed by atoms with Gasteiger partial charge >= 0.3 is 12.1 Å². The van der Waals surface area contributed by atoms with Crippen LogP contribution in [-0.2, 0) is 9.53 Å². The van der Waals surface area contributed by atoms with E-state index in [1.807, 2.05) is 42.2 Å². The first-order chi connectivity index (χ1) is 15.6. The van der Waals surface area contributed by atoms with E-state index in [4.69, 9.17) is 19.4 Å². The van der Waals surface area contributed by atoms with Crippen LogP contribution in [0, 0.1) is 6.92 Å². The van der Waals surface area contributed by atoms with E-state index >= 15 is 0 Å². The van der Waals surface area contributed by atoms with Gasteiger partial charge in [0.15, 0.2) is 0 Å². The summed E-state index contributed by atoms with van der Waals surface area (Å²) in [6, 6.07) is 9.34. The number of likely N-dealkylation sites (tertiary alicyclic amines) is 1. The zero-order chi connectivity index (χ0) is 24.1. The van der Waals surface area contributed by atoms with Crippen molar-refractivity contribution in [1.82, 2.24) is 14.9 Å². The largest absolute Gasteiger partial charge is 0.490 e. The highest BCUT2D eigenvalue weighted by Crippen LogP contribution is 2.36. The van der Waals surface area contributed by atoms with Crippen molar-refractivity contribution in [2.24, 2.45) is 0 Å². The van der Waals surface area contributed by atoms with Crippen LogP contribution in [0.25, 0.3) is 0 Å². The average Bonchev–Trinajstić information content (AvgIpc) is 3.15. The summed E-state index contributed by atoms with van der Waals surface area (Å²) in [5.74, 6) is -2.12. The average molecular weight is 467 g/mol. The Morgan fingerprint density at radius 2 is 2.00 bits per heavy atom. The first-order valence-electron chi connectivity index (χ1n) is 10.3. The van der Waals surface area contributed by atoms with Gasteiger partial charge in [0.25, 0.3) is 5.91 Å². The van der Waals surface area contributed by atoms with Crippen molar-refractivity contribution in [2.45, 2.75) is 44.1 Å². The molecule has 0 bridgehead atoms. The second-order valence-corrected chi connectivity index (χ2v) is 7.93. The quantitative estimate of drug-likeness (QED) is 0.739. The van der Waals surface area contributed by atoms with Crippen LogP contribution >= 0.6 is 0 Å². The van der Waals surface area contributed by atoms with Crippen LogP contribution in [0.1, 0.15) is 35.3 Å². The fourth-order valence-corrected chi connectivity index (χ4v) is 3.80. The molecule has 4 rings (SSSR count). The van der Waals surface area contributed by atoms with Crippen molar-refractivity contribution < 1.29 is 37.3 Å². The number of hydrogen-bond acceptors (Lipinski definition) is 6. The topological polar surface area (TPSA) is 102 Å². The number of ether oxygens (including phenoxy) is 2. The van der Waals surface area contributed by atoms with E-state index in [9.17, 15) is 18.0 Å². The standard InChI is InChI=1S/C20H23N3O3.C2HF3O2/c1-15-6-7-16(12-22-15)19(24)23-10-4-8-20(14-23)11-17(13-25-20)26-18-5-2-3-9-21-18;3-2(4,5)1(6)7/h2-3,5-7,9,12,17H,4,8,10-11,13-14H2,1H3;(H,6,7)/t17-,20-;/m0./s1. The molecule has 8 nitrogen and oxygen atoms in total. The molecule has 2 aromatic rings. The lowest BCUT2D eigenvalue weighted by Crippen LogP contribution is -2.50. The van der Waals surface area contributed by atoms with Gasteiger partial charge < -0.3 is 19.5 Å². The summed E-state index contributed by atoms with van der Waals surface area (Å²) in [7, 11) is 0. The summed E-state index contributed by atoms with van der Waals surface area (Å²) in [5.41, 5.74) is 1.23. The van der Waals surface area contributed by atoms with Gasteiger partial charge in [-0.3, -0.25) is 9.78 Å². The molecule has 2 saturated heterocycles. The fourth-order valence-electron chi connectivity index (χ4n) is 3.80. The maximum atomic E-state index is 12.8. The molecule has 0 aromatic carbocycles. The third-order valence-corrected chi connectivity index (χ3v) is 5.33. The number of aromatic nitrogens is 2. The van der Waals surface area contributed by atoms with Crippen molar-refractivity contribution in [3.63, 3.8) is 0 Å². The number of hydrogen-bond donors (Lipinski definition) is 1. The Hall–Kier alpha value is -3.21. The van der Waals surface area contributed by atoms with Gasteiger partial charge in [-0.1, -0.05) is 6.07 Å². The number of carboxylic acid groups (broad SMARTS) is 1. The molecule has 2 fully saturated rings. The van der Waals surface area contributed by atoms with Gasteiger partial charge in [0, 0.05) is 37.1 Å². The maximum absolute atomic E-state index is 12.8. The molecule has 1 amide bonds. The Morgan fingerprint density at radius 1 is 1.24 bits per heavy atom. The monoisotopic (exact) mass is 467 g/mol. The lowest BCUT2D eigenvalue weighted by Gasteiger charge is -2.39. The molecular weight excluding hydrogens is 443 g/mol. The highest BCUT2D eigenvalue weighted by molar-refractivity contribution is 5.94. The Balaban J connectivity index is 0.000000383. The molecule has 2 atom stereocenters. The number of alkyl halides is 3. The van der Waals surface area contributed by atoms with E-state index in [2.05, 4.69) is 9.97 Å². The predicted molar refractivity (Wildman–Crippen MR) is 110 cm³/mol. The molecule has 2 aromatic heterocycles. The van der Waals surface area contributed by atoms with Gasteiger partial charge in [0.2, 0.25) is 5.88 Å².